The summed E-state index contributed by atoms with van der Waals surface area (Å²) in [7, 11) is 0. The van der Waals surface area contributed by atoms with Crippen LogP contribution in [0.15, 0.2) is 18.3 Å². The van der Waals surface area contributed by atoms with Gasteiger partial charge in [-0.3, -0.25) is 0 Å². The van der Waals surface area contributed by atoms with E-state index in [1.54, 1.807) is 0 Å². The fourth-order valence-corrected chi connectivity index (χ4v) is 1.81. The predicted molar refractivity (Wildman–Crippen MR) is 64.8 cm³/mol. The average molecular weight is 212 g/mol. The SMILES string of the molecule is CCCn1cccc1CNCCSC. The molecule has 1 aromatic rings. The summed E-state index contributed by atoms with van der Waals surface area (Å²) in [5.74, 6) is 1.19. The van der Waals surface area contributed by atoms with E-state index in [2.05, 4.69) is 41.4 Å². The number of hydrogen-bond donors (Lipinski definition) is 1. The van der Waals surface area contributed by atoms with Crippen LogP contribution in [-0.2, 0) is 13.1 Å². The molecule has 1 heterocycles. The van der Waals surface area contributed by atoms with Gasteiger partial charge in [0.15, 0.2) is 0 Å². The third-order valence-electron chi connectivity index (χ3n) is 2.18. The quantitative estimate of drug-likeness (QED) is 0.699. The molecule has 0 atom stereocenters. The summed E-state index contributed by atoms with van der Waals surface area (Å²) in [6.45, 7) is 5.43. The number of nitrogens with zero attached hydrogens (tertiary/aromatic N) is 1. The Hall–Kier alpha value is -0.410. The first kappa shape index (κ1) is 11.7. The Bertz CT molecular complexity index is 245. The van der Waals surface area contributed by atoms with E-state index in [1.807, 2.05) is 11.8 Å². The minimum Gasteiger partial charge on any atom is -0.350 e. The zero-order chi connectivity index (χ0) is 10.2. The lowest BCUT2D eigenvalue weighted by Gasteiger charge is -2.08. The molecule has 0 aliphatic heterocycles. The standard InChI is InChI=1S/C11H20N2S/c1-3-7-13-8-4-5-11(13)10-12-6-9-14-2/h4-5,8,12H,3,6-7,9-10H2,1-2H3. The first-order valence-corrected chi connectivity index (χ1v) is 6.61. The van der Waals surface area contributed by atoms with Crippen LogP contribution in [0, 0.1) is 0 Å². The van der Waals surface area contributed by atoms with Gasteiger partial charge in [-0.2, -0.15) is 11.8 Å². The summed E-state index contributed by atoms with van der Waals surface area (Å²) < 4.78 is 2.33. The highest BCUT2D eigenvalue weighted by molar-refractivity contribution is 7.98. The Labute approximate surface area is 91.1 Å². The van der Waals surface area contributed by atoms with E-state index in [9.17, 15) is 0 Å². The number of aromatic nitrogens is 1. The molecule has 14 heavy (non-hydrogen) atoms. The van der Waals surface area contributed by atoms with Crippen LogP contribution in [0.2, 0.25) is 0 Å². The molecule has 0 radical (unpaired) electrons. The van der Waals surface area contributed by atoms with Crippen molar-refractivity contribution in [2.45, 2.75) is 26.4 Å². The van der Waals surface area contributed by atoms with E-state index in [1.165, 1.54) is 17.9 Å². The van der Waals surface area contributed by atoms with Crippen molar-refractivity contribution in [3.63, 3.8) is 0 Å². The summed E-state index contributed by atoms with van der Waals surface area (Å²) >= 11 is 1.88. The number of rotatable bonds is 7. The molecule has 0 aromatic carbocycles. The summed E-state index contributed by atoms with van der Waals surface area (Å²) in [4.78, 5) is 0. The van der Waals surface area contributed by atoms with Crippen LogP contribution in [0.3, 0.4) is 0 Å². The molecule has 0 saturated carbocycles. The topological polar surface area (TPSA) is 17.0 Å². The summed E-state index contributed by atoms with van der Waals surface area (Å²) in [6, 6.07) is 4.32. The highest BCUT2D eigenvalue weighted by atomic mass is 32.2. The lowest BCUT2D eigenvalue weighted by molar-refractivity contribution is 0.614. The van der Waals surface area contributed by atoms with Crippen molar-refractivity contribution in [1.29, 1.82) is 0 Å². The Morgan fingerprint density at radius 3 is 3.07 bits per heavy atom. The Balaban J connectivity index is 2.30. The maximum Gasteiger partial charge on any atom is 0.0359 e. The molecule has 0 spiro atoms. The molecule has 0 aliphatic rings. The van der Waals surface area contributed by atoms with Crippen LogP contribution < -0.4 is 5.32 Å². The van der Waals surface area contributed by atoms with Gasteiger partial charge >= 0.3 is 0 Å². The monoisotopic (exact) mass is 212 g/mol. The predicted octanol–water partition coefficient (Wildman–Crippen LogP) is 2.35. The molecule has 0 amide bonds. The second kappa shape index (κ2) is 6.96. The molecule has 0 saturated heterocycles. The van der Waals surface area contributed by atoms with Gasteiger partial charge in [0.25, 0.3) is 0 Å². The second-order valence-corrected chi connectivity index (χ2v) is 4.35. The van der Waals surface area contributed by atoms with Crippen LogP contribution in [-0.4, -0.2) is 23.1 Å². The lowest BCUT2D eigenvalue weighted by atomic mass is 10.4. The van der Waals surface area contributed by atoms with E-state index >= 15 is 0 Å². The third kappa shape index (κ3) is 3.76. The number of nitrogens with one attached hydrogen (secondary N) is 1. The Kier molecular flexibility index (Phi) is 5.80. The van der Waals surface area contributed by atoms with Gasteiger partial charge in [-0.25, -0.2) is 0 Å². The van der Waals surface area contributed by atoms with E-state index in [0.29, 0.717) is 0 Å². The molecule has 0 bridgehead atoms. The largest absolute Gasteiger partial charge is 0.350 e. The normalized spacial score (nSPS) is 10.7. The minimum absolute atomic E-state index is 0.994. The molecule has 80 valence electrons. The van der Waals surface area contributed by atoms with Gasteiger partial charge in [0.2, 0.25) is 0 Å². The fourth-order valence-electron chi connectivity index (χ4n) is 1.46. The summed E-state index contributed by atoms with van der Waals surface area (Å²) in [6.07, 6.45) is 5.50. The summed E-state index contributed by atoms with van der Waals surface area (Å²) in [5.41, 5.74) is 1.40. The molecule has 1 aromatic heterocycles. The first-order valence-electron chi connectivity index (χ1n) is 5.22. The van der Waals surface area contributed by atoms with E-state index < -0.39 is 0 Å². The highest BCUT2D eigenvalue weighted by Gasteiger charge is 1.98. The first-order chi connectivity index (χ1) is 6.88. The second-order valence-electron chi connectivity index (χ2n) is 3.36. The van der Waals surface area contributed by atoms with E-state index in [-0.39, 0.29) is 0 Å². The van der Waals surface area contributed by atoms with Crippen LogP contribution in [0.1, 0.15) is 19.0 Å². The smallest absolute Gasteiger partial charge is 0.0359 e. The van der Waals surface area contributed by atoms with Crippen molar-refractivity contribution >= 4 is 11.8 Å². The van der Waals surface area contributed by atoms with Gasteiger partial charge in [0.1, 0.15) is 0 Å². The zero-order valence-electron chi connectivity index (χ0n) is 9.12. The number of aryl methyl sites for hydroxylation is 1. The van der Waals surface area contributed by atoms with Gasteiger partial charge < -0.3 is 9.88 Å². The highest BCUT2D eigenvalue weighted by Crippen LogP contribution is 2.03. The van der Waals surface area contributed by atoms with Crippen LogP contribution in [0.4, 0.5) is 0 Å². The Morgan fingerprint density at radius 1 is 1.50 bits per heavy atom. The molecule has 1 N–H and O–H groups in total. The van der Waals surface area contributed by atoms with Crippen molar-refractivity contribution < 1.29 is 0 Å². The van der Waals surface area contributed by atoms with Gasteiger partial charge in [0.05, 0.1) is 0 Å². The molecule has 2 nitrogen and oxygen atoms in total. The molecule has 0 aliphatic carbocycles. The van der Waals surface area contributed by atoms with Crippen LogP contribution in [0.25, 0.3) is 0 Å². The maximum absolute atomic E-state index is 3.45. The zero-order valence-corrected chi connectivity index (χ0v) is 9.94. The summed E-state index contributed by atoms with van der Waals surface area (Å²) in [5, 5.41) is 3.45. The van der Waals surface area contributed by atoms with Crippen molar-refractivity contribution in [1.82, 2.24) is 9.88 Å². The van der Waals surface area contributed by atoms with Gasteiger partial charge in [-0.15, -0.1) is 0 Å². The van der Waals surface area contributed by atoms with Crippen molar-refractivity contribution in [3.8, 4) is 0 Å². The van der Waals surface area contributed by atoms with Crippen LogP contribution >= 0.6 is 11.8 Å². The molecule has 0 unspecified atom stereocenters. The van der Waals surface area contributed by atoms with Crippen molar-refractivity contribution in [2.24, 2.45) is 0 Å². The molecular formula is C11H20N2S. The fraction of sp³-hybridized carbons (Fsp3) is 0.636. The van der Waals surface area contributed by atoms with E-state index in [4.69, 9.17) is 0 Å². The molecule has 3 heteroatoms. The number of hydrogen-bond acceptors (Lipinski definition) is 2. The van der Waals surface area contributed by atoms with Gasteiger partial charge in [-0.1, -0.05) is 6.92 Å². The van der Waals surface area contributed by atoms with Gasteiger partial charge in [-0.05, 0) is 24.8 Å². The minimum atomic E-state index is 0.994. The average Bonchev–Trinajstić information content (AvgIpc) is 2.61. The van der Waals surface area contributed by atoms with E-state index in [0.717, 1.165) is 19.6 Å². The third-order valence-corrected chi connectivity index (χ3v) is 2.79. The van der Waals surface area contributed by atoms with Gasteiger partial charge in [0, 0.05) is 37.3 Å². The number of thioether (sulfide) groups is 1. The maximum atomic E-state index is 3.45. The molecule has 1 rings (SSSR count). The Morgan fingerprint density at radius 2 is 2.36 bits per heavy atom. The lowest BCUT2D eigenvalue weighted by Crippen LogP contribution is -2.18. The molecule has 0 fully saturated rings. The van der Waals surface area contributed by atoms with Crippen molar-refractivity contribution in [2.75, 3.05) is 18.6 Å². The molecular weight excluding hydrogens is 192 g/mol. The van der Waals surface area contributed by atoms with Crippen molar-refractivity contribution in [3.05, 3.63) is 24.0 Å². The van der Waals surface area contributed by atoms with Crippen LogP contribution in [0.5, 0.6) is 0 Å².